The number of rotatable bonds is 7. The quantitative estimate of drug-likeness (QED) is 0.273. The van der Waals surface area contributed by atoms with Crippen molar-refractivity contribution in [1.29, 1.82) is 0 Å². The number of aryl methyl sites for hydroxylation is 3. The average Bonchev–Trinajstić information content (AvgIpc) is 2.88. The van der Waals surface area contributed by atoms with E-state index in [1.54, 1.807) is 30.1 Å². The van der Waals surface area contributed by atoms with Gasteiger partial charge in [0, 0.05) is 24.7 Å². The van der Waals surface area contributed by atoms with Crippen molar-refractivity contribution in [3.63, 3.8) is 0 Å². The van der Waals surface area contributed by atoms with Crippen molar-refractivity contribution in [3.05, 3.63) is 101 Å². The number of ether oxygens (including phenoxy) is 1. The summed E-state index contributed by atoms with van der Waals surface area (Å²) < 4.78 is 7.32. The van der Waals surface area contributed by atoms with E-state index in [0.29, 0.717) is 28.3 Å². The number of phenols is 1. The van der Waals surface area contributed by atoms with Gasteiger partial charge in [-0.25, -0.2) is 4.98 Å². The Bertz CT molecular complexity index is 1550. The summed E-state index contributed by atoms with van der Waals surface area (Å²) in [7, 11) is 3.49. The average molecular weight is 482 g/mol. The first-order chi connectivity index (χ1) is 17.3. The highest BCUT2D eigenvalue weighted by atomic mass is 16.5. The number of aliphatic hydroxyl groups is 1. The molecule has 0 saturated heterocycles. The molecule has 0 bridgehead atoms. The number of methoxy groups -OCH3 is 1. The number of fused-ring (bicyclic) bond motifs is 1. The predicted octanol–water partition coefficient (Wildman–Crippen LogP) is 5.83. The number of nitrogens with zero attached hydrogens (tertiary/aromatic N) is 2. The number of aromatic nitrogens is 3. The van der Waals surface area contributed by atoms with Crippen molar-refractivity contribution in [2.75, 3.05) is 7.11 Å². The molecular formula is C30H31N3O3. The SMILES string of the molecule is CCCc1cccc(-c2cc(OC)nc3ccc(C(O)(c4ccc(O)c(C)c4)c4c[nH]n4C)cc23)c1. The number of hydrogen-bond acceptors (Lipinski definition) is 4. The smallest absolute Gasteiger partial charge is 0.214 e. The van der Waals surface area contributed by atoms with E-state index in [1.165, 1.54) is 5.56 Å². The van der Waals surface area contributed by atoms with Gasteiger partial charge in [-0.05, 0) is 71.0 Å². The summed E-state index contributed by atoms with van der Waals surface area (Å²) in [6.45, 7) is 4.01. The van der Waals surface area contributed by atoms with Crippen LogP contribution in [0.2, 0.25) is 0 Å². The van der Waals surface area contributed by atoms with Gasteiger partial charge in [0.05, 0.1) is 18.3 Å². The van der Waals surface area contributed by atoms with E-state index >= 15 is 0 Å². The number of H-pyrrole nitrogens is 1. The van der Waals surface area contributed by atoms with Crippen LogP contribution in [-0.4, -0.2) is 32.1 Å². The van der Waals surface area contributed by atoms with E-state index in [1.807, 2.05) is 44.3 Å². The number of aromatic amines is 1. The van der Waals surface area contributed by atoms with Gasteiger partial charge >= 0.3 is 0 Å². The predicted molar refractivity (Wildman–Crippen MR) is 142 cm³/mol. The molecule has 0 spiro atoms. The summed E-state index contributed by atoms with van der Waals surface area (Å²) in [5.74, 6) is 0.737. The molecule has 5 aromatic rings. The second-order valence-corrected chi connectivity index (χ2v) is 9.32. The molecule has 1 unspecified atom stereocenters. The van der Waals surface area contributed by atoms with E-state index in [4.69, 9.17) is 4.74 Å². The Hall–Kier alpha value is -4.03. The van der Waals surface area contributed by atoms with Crippen molar-refractivity contribution in [3.8, 4) is 22.8 Å². The summed E-state index contributed by atoms with van der Waals surface area (Å²) in [5.41, 5.74) is 5.48. The van der Waals surface area contributed by atoms with Crippen LogP contribution in [0.5, 0.6) is 11.6 Å². The summed E-state index contributed by atoms with van der Waals surface area (Å²) in [4.78, 5) is 4.68. The molecule has 0 amide bonds. The van der Waals surface area contributed by atoms with E-state index in [0.717, 1.165) is 34.9 Å². The second kappa shape index (κ2) is 9.21. The molecule has 0 aliphatic carbocycles. The number of benzene rings is 3. The third-order valence-electron chi connectivity index (χ3n) is 6.93. The Morgan fingerprint density at radius 2 is 1.81 bits per heavy atom. The lowest BCUT2D eigenvalue weighted by atomic mass is 9.81. The molecule has 0 aliphatic heterocycles. The van der Waals surface area contributed by atoms with Gasteiger partial charge in [-0.1, -0.05) is 49.7 Å². The van der Waals surface area contributed by atoms with Crippen LogP contribution in [0.3, 0.4) is 0 Å². The lowest BCUT2D eigenvalue weighted by Crippen LogP contribution is -2.35. The van der Waals surface area contributed by atoms with Gasteiger partial charge in [-0.2, -0.15) is 0 Å². The zero-order valence-corrected chi connectivity index (χ0v) is 21.0. The maximum absolute atomic E-state index is 12.3. The van der Waals surface area contributed by atoms with Gasteiger partial charge in [-0.3, -0.25) is 4.68 Å². The molecule has 2 aromatic heterocycles. The van der Waals surface area contributed by atoms with Crippen LogP contribution in [0, 0.1) is 6.92 Å². The highest BCUT2D eigenvalue weighted by Crippen LogP contribution is 2.41. The maximum atomic E-state index is 12.3. The Morgan fingerprint density at radius 3 is 2.47 bits per heavy atom. The molecule has 0 saturated carbocycles. The minimum atomic E-state index is -1.44. The summed E-state index contributed by atoms with van der Waals surface area (Å²) in [6, 6.07) is 21.6. The van der Waals surface area contributed by atoms with Crippen molar-refractivity contribution >= 4 is 10.9 Å². The van der Waals surface area contributed by atoms with Gasteiger partial charge in [-0.15, -0.1) is 0 Å². The third kappa shape index (κ3) is 3.93. The Labute approximate surface area is 210 Å². The highest BCUT2D eigenvalue weighted by Gasteiger charge is 2.38. The molecule has 0 radical (unpaired) electrons. The first-order valence-electron chi connectivity index (χ1n) is 12.2. The monoisotopic (exact) mass is 481 g/mol. The third-order valence-corrected chi connectivity index (χ3v) is 6.93. The highest BCUT2D eigenvalue weighted by molar-refractivity contribution is 5.96. The standard InChI is InChI=1S/C30H31N3O3/c1-5-7-20-8-6-9-21(15-20)24-17-29(36-4)32-26-12-10-23(16-25(24)26)30(35,28-18-31-33(28)3)22-11-13-27(34)19(2)14-22/h6,8-18,31,34-35H,5,7H2,1-4H3. The minimum Gasteiger partial charge on any atom is -0.508 e. The Balaban J connectivity index is 1.76. The largest absolute Gasteiger partial charge is 0.508 e. The molecule has 3 N–H and O–H groups in total. The second-order valence-electron chi connectivity index (χ2n) is 9.32. The molecule has 0 fully saturated rings. The first-order valence-corrected chi connectivity index (χ1v) is 12.2. The first kappa shape index (κ1) is 23.7. The summed E-state index contributed by atoms with van der Waals surface area (Å²) >= 11 is 0. The fourth-order valence-corrected chi connectivity index (χ4v) is 4.90. The van der Waals surface area contributed by atoms with Crippen LogP contribution in [-0.2, 0) is 19.1 Å². The van der Waals surface area contributed by atoms with E-state index in [2.05, 4.69) is 41.3 Å². The number of nitrogens with one attached hydrogen (secondary N) is 1. The molecule has 184 valence electrons. The number of hydrogen-bond donors (Lipinski definition) is 3. The minimum absolute atomic E-state index is 0.194. The van der Waals surface area contributed by atoms with Crippen molar-refractivity contribution in [2.45, 2.75) is 32.3 Å². The molecule has 36 heavy (non-hydrogen) atoms. The molecule has 2 heterocycles. The van der Waals surface area contributed by atoms with Gasteiger partial charge in [0.1, 0.15) is 5.75 Å². The van der Waals surface area contributed by atoms with Crippen LogP contribution in [0.15, 0.2) is 72.9 Å². The Kier molecular flexibility index (Phi) is 6.06. The maximum Gasteiger partial charge on any atom is 0.214 e. The summed E-state index contributed by atoms with van der Waals surface area (Å²) in [6.07, 6.45) is 3.88. The molecule has 6 heteroatoms. The van der Waals surface area contributed by atoms with Crippen molar-refractivity contribution in [2.24, 2.45) is 7.05 Å². The van der Waals surface area contributed by atoms with Crippen LogP contribution in [0.25, 0.3) is 22.0 Å². The normalized spacial score (nSPS) is 13.1. The zero-order valence-electron chi connectivity index (χ0n) is 21.0. The fourth-order valence-electron chi connectivity index (χ4n) is 4.90. The number of aromatic hydroxyl groups is 1. The molecule has 0 aliphatic rings. The van der Waals surface area contributed by atoms with Crippen LogP contribution in [0.4, 0.5) is 0 Å². The van der Waals surface area contributed by atoms with E-state index < -0.39 is 5.60 Å². The molecule has 5 rings (SSSR count). The van der Waals surface area contributed by atoms with Crippen molar-refractivity contribution in [1.82, 2.24) is 14.8 Å². The lowest BCUT2D eigenvalue weighted by Gasteiger charge is -2.33. The van der Waals surface area contributed by atoms with Crippen LogP contribution >= 0.6 is 0 Å². The molecular weight excluding hydrogens is 450 g/mol. The lowest BCUT2D eigenvalue weighted by molar-refractivity contribution is 0.110. The molecule has 1 atom stereocenters. The van der Waals surface area contributed by atoms with Gasteiger partial charge in [0.25, 0.3) is 0 Å². The van der Waals surface area contributed by atoms with E-state index in [9.17, 15) is 10.2 Å². The van der Waals surface area contributed by atoms with Crippen LogP contribution in [0.1, 0.15) is 41.3 Å². The fraction of sp³-hybridized carbons (Fsp3) is 0.233. The number of pyridine rings is 1. The van der Waals surface area contributed by atoms with Gasteiger partial charge in [0.2, 0.25) is 5.88 Å². The molecule has 3 aromatic carbocycles. The molecule has 6 nitrogen and oxygen atoms in total. The zero-order chi connectivity index (χ0) is 25.4. The topological polar surface area (TPSA) is 83.3 Å². The number of phenolic OH excluding ortho intramolecular Hbond substituents is 1. The van der Waals surface area contributed by atoms with Gasteiger partial charge in [0.15, 0.2) is 5.60 Å². The van der Waals surface area contributed by atoms with Crippen LogP contribution < -0.4 is 4.74 Å². The van der Waals surface area contributed by atoms with E-state index in [-0.39, 0.29) is 5.75 Å². The van der Waals surface area contributed by atoms with Crippen molar-refractivity contribution < 1.29 is 14.9 Å². The van der Waals surface area contributed by atoms with Gasteiger partial charge < -0.3 is 20.0 Å². The summed E-state index contributed by atoms with van der Waals surface area (Å²) in [5, 5.41) is 26.4. The Morgan fingerprint density at radius 1 is 1.03 bits per heavy atom.